The molecule has 190 valence electrons. The summed E-state index contributed by atoms with van der Waals surface area (Å²) < 4.78 is 5.73. The third kappa shape index (κ3) is 4.22. The summed E-state index contributed by atoms with van der Waals surface area (Å²) in [6.07, 6.45) is 3.38. The first-order chi connectivity index (χ1) is 19.2. The lowest BCUT2D eigenvalue weighted by Gasteiger charge is -2.27. The van der Waals surface area contributed by atoms with Crippen molar-refractivity contribution in [3.63, 3.8) is 0 Å². The quantitative estimate of drug-likeness (QED) is 0.183. The molecular formula is C35H27NO3. The van der Waals surface area contributed by atoms with Crippen LogP contribution in [0.5, 0.6) is 0 Å². The van der Waals surface area contributed by atoms with Crippen LogP contribution in [0, 0.1) is 0 Å². The Morgan fingerprint density at radius 3 is 2.49 bits per heavy atom. The molecule has 0 spiro atoms. The van der Waals surface area contributed by atoms with Crippen molar-refractivity contribution in [1.29, 1.82) is 0 Å². The average Bonchev–Trinajstić information content (AvgIpc) is 3.36. The third-order valence-electron chi connectivity index (χ3n) is 8.19. The van der Waals surface area contributed by atoms with Crippen LogP contribution in [0.15, 0.2) is 97.1 Å². The van der Waals surface area contributed by atoms with Gasteiger partial charge in [0.1, 0.15) is 0 Å². The van der Waals surface area contributed by atoms with Gasteiger partial charge in [0.15, 0.2) is 12.4 Å². The van der Waals surface area contributed by atoms with Crippen LogP contribution >= 0.6 is 0 Å². The molecule has 0 bridgehead atoms. The SMILES string of the molecule is O=C(COC(=O)c1c2c(nc3ccccc13)CCC(c1ccccc1)C2)c1ccc2c(c1)-c1ccccc1C2. The van der Waals surface area contributed by atoms with Gasteiger partial charge in [0, 0.05) is 16.6 Å². The molecule has 39 heavy (non-hydrogen) atoms. The minimum atomic E-state index is -0.460. The van der Waals surface area contributed by atoms with E-state index < -0.39 is 5.97 Å². The molecule has 4 nitrogen and oxygen atoms in total. The van der Waals surface area contributed by atoms with Gasteiger partial charge in [-0.05, 0) is 77.1 Å². The summed E-state index contributed by atoms with van der Waals surface area (Å²) in [5, 5.41) is 0.775. The van der Waals surface area contributed by atoms with E-state index in [1.54, 1.807) is 0 Å². The van der Waals surface area contributed by atoms with Gasteiger partial charge >= 0.3 is 5.97 Å². The van der Waals surface area contributed by atoms with E-state index in [-0.39, 0.29) is 12.4 Å². The van der Waals surface area contributed by atoms with Gasteiger partial charge in [-0.25, -0.2) is 4.79 Å². The third-order valence-corrected chi connectivity index (χ3v) is 8.19. The van der Waals surface area contributed by atoms with Crippen molar-refractivity contribution in [1.82, 2.24) is 4.98 Å². The molecule has 0 radical (unpaired) electrons. The van der Waals surface area contributed by atoms with Crippen molar-refractivity contribution in [2.45, 2.75) is 31.6 Å². The molecule has 0 aliphatic heterocycles. The number of aromatic nitrogens is 1. The molecule has 1 heterocycles. The van der Waals surface area contributed by atoms with Gasteiger partial charge in [0.25, 0.3) is 0 Å². The molecule has 4 heteroatoms. The zero-order valence-electron chi connectivity index (χ0n) is 21.5. The number of ether oxygens (including phenoxy) is 1. The first-order valence-corrected chi connectivity index (χ1v) is 13.5. The van der Waals surface area contributed by atoms with Crippen molar-refractivity contribution in [3.05, 3.63) is 136 Å². The van der Waals surface area contributed by atoms with Crippen LogP contribution in [0.3, 0.4) is 0 Å². The van der Waals surface area contributed by atoms with Crippen molar-refractivity contribution in [2.24, 2.45) is 0 Å². The predicted molar refractivity (Wildman–Crippen MR) is 152 cm³/mol. The van der Waals surface area contributed by atoms with E-state index in [9.17, 15) is 9.59 Å². The zero-order chi connectivity index (χ0) is 26.3. The number of Topliss-reactive ketones (excluding diaryl/α,β-unsaturated/α-hetero) is 1. The van der Waals surface area contributed by atoms with Gasteiger partial charge in [-0.2, -0.15) is 0 Å². The summed E-state index contributed by atoms with van der Waals surface area (Å²) >= 11 is 0. The van der Waals surface area contributed by atoms with Crippen LogP contribution in [-0.2, 0) is 24.0 Å². The normalized spacial score (nSPS) is 15.3. The topological polar surface area (TPSA) is 56.3 Å². The molecule has 0 saturated heterocycles. The number of hydrogen-bond donors (Lipinski definition) is 0. The van der Waals surface area contributed by atoms with Gasteiger partial charge in [0.05, 0.1) is 11.1 Å². The van der Waals surface area contributed by atoms with Crippen LogP contribution in [0.1, 0.15) is 61.0 Å². The number of rotatable bonds is 5. The Balaban J connectivity index is 1.17. The molecule has 0 saturated carbocycles. The number of carbonyl (C=O) groups is 2. The van der Waals surface area contributed by atoms with Gasteiger partial charge < -0.3 is 4.74 Å². The minimum absolute atomic E-state index is 0.204. The fourth-order valence-corrected chi connectivity index (χ4v) is 6.21. The lowest BCUT2D eigenvalue weighted by Crippen LogP contribution is -2.21. The molecule has 5 aromatic rings. The highest BCUT2D eigenvalue weighted by Crippen LogP contribution is 2.38. The van der Waals surface area contributed by atoms with E-state index >= 15 is 0 Å². The Labute approximate surface area is 227 Å². The number of fused-ring (bicyclic) bond motifs is 5. The first-order valence-electron chi connectivity index (χ1n) is 13.5. The van der Waals surface area contributed by atoms with E-state index in [1.165, 1.54) is 22.3 Å². The van der Waals surface area contributed by atoms with Gasteiger partial charge in [-0.1, -0.05) is 84.9 Å². The monoisotopic (exact) mass is 509 g/mol. The van der Waals surface area contributed by atoms with Crippen LogP contribution < -0.4 is 0 Å². The van der Waals surface area contributed by atoms with Crippen molar-refractivity contribution >= 4 is 22.7 Å². The minimum Gasteiger partial charge on any atom is -0.454 e. The summed E-state index contributed by atoms with van der Waals surface area (Å²) in [5.74, 6) is -0.354. The first kappa shape index (κ1) is 23.5. The molecule has 0 fully saturated rings. The zero-order valence-corrected chi connectivity index (χ0v) is 21.5. The van der Waals surface area contributed by atoms with Crippen LogP contribution in [-0.4, -0.2) is 23.3 Å². The largest absolute Gasteiger partial charge is 0.454 e. The Hall–Kier alpha value is -4.57. The maximum atomic E-state index is 13.7. The lowest BCUT2D eigenvalue weighted by molar-refractivity contribution is 0.0475. The summed E-state index contributed by atoms with van der Waals surface area (Å²) in [5.41, 5.74) is 9.80. The van der Waals surface area contributed by atoms with Crippen LogP contribution in [0.4, 0.5) is 0 Å². The van der Waals surface area contributed by atoms with Crippen LogP contribution in [0.2, 0.25) is 0 Å². The second-order valence-corrected chi connectivity index (χ2v) is 10.5. The Morgan fingerprint density at radius 1 is 0.821 bits per heavy atom. The molecule has 2 aliphatic carbocycles. The van der Waals surface area contributed by atoms with Gasteiger partial charge in [-0.15, -0.1) is 0 Å². The van der Waals surface area contributed by atoms with E-state index in [0.29, 0.717) is 17.0 Å². The Bertz CT molecular complexity index is 1760. The smallest absolute Gasteiger partial charge is 0.339 e. The second-order valence-electron chi connectivity index (χ2n) is 10.5. The molecule has 1 unspecified atom stereocenters. The summed E-state index contributed by atoms with van der Waals surface area (Å²) in [4.78, 5) is 31.8. The summed E-state index contributed by atoms with van der Waals surface area (Å²) in [7, 11) is 0. The number of nitrogens with zero attached hydrogens (tertiary/aromatic N) is 1. The molecule has 1 aromatic heterocycles. The highest BCUT2D eigenvalue weighted by molar-refractivity contribution is 6.07. The number of para-hydroxylation sites is 1. The van der Waals surface area contributed by atoms with E-state index in [4.69, 9.17) is 9.72 Å². The number of ketones is 1. The van der Waals surface area contributed by atoms with E-state index in [1.807, 2.05) is 60.7 Å². The standard InChI is InChI=1S/C35H27NO3/c37-33(26-15-14-25-18-24-10-4-5-11-27(24)29(25)20-26)21-39-35(38)34-28-12-6-7-13-31(28)36-32-17-16-23(19-30(32)34)22-8-2-1-3-9-22/h1-15,20,23H,16-19,21H2. The Morgan fingerprint density at radius 2 is 1.59 bits per heavy atom. The molecular weight excluding hydrogens is 482 g/mol. The lowest BCUT2D eigenvalue weighted by atomic mass is 9.80. The number of pyridine rings is 1. The van der Waals surface area contributed by atoms with Crippen molar-refractivity contribution in [2.75, 3.05) is 6.61 Å². The molecule has 7 rings (SSSR count). The van der Waals surface area contributed by atoms with Crippen molar-refractivity contribution < 1.29 is 14.3 Å². The number of carbonyl (C=O) groups excluding carboxylic acids is 2. The highest BCUT2D eigenvalue weighted by atomic mass is 16.5. The molecule has 1 atom stereocenters. The Kier molecular flexibility index (Phi) is 5.81. The highest BCUT2D eigenvalue weighted by Gasteiger charge is 2.29. The molecule has 0 N–H and O–H groups in total. The van der Waals surface area contributed by atoms with E-state index in [0.717, 1.165) is 53.4 Å². The number of esters is 1. The van der Waals surface area contributed by atoms with E-state index in [2.05, 4.69) is 36.4 Å². The maximum absolute atomic E-state index is 13.7. The molecule has 2 aliphatic rings. The fraction of sp³-hybridized carbons (Fsp3) is 0.171. The number of hydrogen-bond acceptors (Lipinski definition) is 4. The summed E-state index contributed by atoms with van der Waals surface area (Å²) in [6, 6.07) is 32.2. The average molecular weight is 510 g/mol. The number of aryl methyl sites for hydroxylation is 1. The van der Waals surface area contributed by atoms with Gasteiger partial charge in [0.2, 0.25) is 0 Å². The summed E-state index contributed by atoms with van der Waals surface area (Å²) in [6.45, 7) is -0.299. The predicted octanol–water partition coefficient (Wildman–Crippen LogP) is 7.12. The molecule has 0 amide bonds. The van der Waals surface area contributed by atoms with Gasteiger partial charge in [-0.3, -0.25) is 9.78 Å². The van der Waals surface area contributed by atoms with Crippen molar-refractivity contribution in [3.8, 4) is 11.1 Å². The fourth-order valence-electron chi connectivity index (χ4n) is 6.21. The second kappa shape index (κ2) is 9.63. The number of benzene rings is 4. The maximum Gasteiger partial charge on any atom is 0.339 e. The molecule has 4 aromatic carbocycles. The van der Waals surface area contributed by atoms with Crippen LogP contribution in [0.25, 0.3) is 22.0 Å².